The van der Waals surface area contributed by atoms with Crippen molar-refractivity contribution in [3.8, 4) is 11.5 Å². The van der Waals surface area contributed by atoms with E-state index in [0.29, 0.717) is 27.2 Å². The molecule has 0 unspecified atom stereocenters. The van der Waals surface area contributed by atoms with E-state index in [0.717, 1.165) is 5.39 Å². The molecule has 0 amide bonds. The number of ether oxygens (including phenoxy) is 1. The van der Waals surface area contributed by atoms with Crippen LogP contribution in [0, 0.1) is 5.82 Å². The molecule has 1 heterocycles. The number of aromatic nitrogens is 1. The summed E-state index contributed by atoms with van der Waals surface area (Å²) >= 11 is 3.24. The monoisotopic (exact) mass is 332 g/mol. The Bertz CT molecular complexity index is 772. The number of fused-ring (bicyclic) bond motifs is 1. The van der Waals surface area contributed by atoms with Crippen LogP contribution < -0.4 is 10.5 Å². The molecule has 0 saturated carbocycles. The number of hydrogen-bond donors (Lipinski definition) is 1. The summed E-state index contributed by atoms with van der Waals surface area (Å²) in [6.45, 7) is 0. The van der Waals surface area contributed by atoms with Crippen LogP contribution in [0.25, 0.3) is 10.9 Å². The first-order chi connectivity index (χ1) is 9.63. The largest absolute Gasteiger partial charge is 0.456 e. The lowest BCUT2D eigenvalue weighted by Crippen LogP contribution is -1.92. The molecule has 20 heavy (non-hydrogen) atoms. The Labute approximate surface area is 123 Å². The van der Waals surface area contributed by atoms with E-state index >= 15 is 0 Å². The van der Waals surface area contributed by atoms with Crippen molar-refractivity contribution in [2.24, 2.45) is 0 Å². The van der Waals surface area contributed by atoms with Gasteiger partial charge in [-0.25, -0.2) is 4.39 Å². The maximum atomic E-state index is 13.4. The topological polar surface area (TPSA) is 48.1 Å². The van der Waals surface area contributed by atoms with Gasteiger partial charge in [0.2, 0.25) is 0 Å². The molecule has 0 aliphatic carbocycles. The fourth-order valence-corrected chi connectivity index (χ4v) is 2.42. The summed E-state index contributed by atoms with van der Waals surface area (Å²) in [6, 6.07) is 11.6. The summed E-state index contributed by atoms with van der Waals surface area (Å²) in [7, 11) is 0. The third kappa shape index (κ3) is 2.44. The van der Waals surface area contributed by atoms with Crippen molar-refractivity contribution >= 4 is 32.5 Å². The summed E-state index contributed by atoms with van der Waals surface area (Å²) in [6.07, 6.45) is 1.61. The Morgan fingerprint density at radius 1 is 1.15 bits per heavy atom. The molecule has 2 aromatic carbocycles. The molecule has 0 aliphatic rings. The van der Waals surface area contributed by atoms with Crippen LogP contribution >= 0.6 is 15.9 Å². The second kappa shape index (κ2) is 5.09. The standard InChI is InChI=1S/C15H10BrFN2O/c16-9-6-10(17)8-11(7-9)20-14-4-5-19-15-12(14)2-1-3-13(15)18/h1-8H,18H2. The molecule has 0 fully saturated rings. The number of para-hydroxylation sites is 1. The number of nitrogens with two attached hydrogens (primary N) is 1. The molecule has 0 atom stereocenters. The third-order valence-corrected chi connectivity index (χ3v) is 3.28. The van der Waals surface area contributed by atoms with Gasteiger partial charge in [-0.15, -0.1) is 0 Å². The van der Waals surface area contributed by atoms with Gasteiger partial charge in [-0.3, -0.25) is 4.98 Å². The van der Waals surface area contributed by atoms with Crippen LogP contribution in [0.2, 0.25) is 0 Å². The average molecular weight is 333 g/mol. The van der Waals surface area contributed by atoms with Gasteiger partial charge in [0.15, 0.2) is 0 Å². The number of nitrogen functional groups attached to an aromatic ring is 1. The Morgan fingerprint density at radius 2 is 2.00 bits per heavy atom. The van der Waals surface area contributed by atoms with Crippen molar-refractivity contribution in [1.82, 2.24) is 4.98 Å². The van der Waals surface area contributed by atoms with Crippen molar-refractivity contribution in [2.45, 2.75) is 0 Å². The van der Waals surface area contributed by atoms with Gasteiger partial charge < -0.3 is 10.5 Å². The number of halogens is 2. The Kier molecular flexibility index (Phi) is 3.28. The van der Waals surface area contributed by atoms with Crippen LogP contribution in [0.15, 0.2) is 53.1 Å². The van der Waals surface area contributed by atoms with Crippen molar-refractivity contribution in [3.05, 3.63) is 59.0 Å². The first-order valence-corrected chi connectivity index (χ1v) is 6.70. The van der Waals surface area contributed by atoms with E-state index in [1.165, 1.54) is 12.1 Å². The van der Waals surface area contributed by atoms with Gasteiger partial charge in [0, 0.05) is 22.1 Å². The highest BCUT2D eigenvalue weighted by Gasteiger charge is 2.07. The van der Waals surface area contributed by atoms with Gasteiger partial charge in [-0.1, -0.05) is 22.0 Å². The van der Waals surface area contributed by atoms with E-state index < -0.39 is 0 Å². The third-order valence-electron chi connectivity index (χ3n) is 2.83. The Morgan fingerprint density at radius 3 is 2.80 bits per heavy atom. The highest BCUT2D eigenvalue weighted by Crippen LogP contribution is 2.32. The maximum Gasteiger partial charge on any atom is 0.138 e. The Hall–Kier alpha value is -2.14. The predicted molar refractivity (Wildman–Crippen MR) is 80.3 cm³/mol. The summed E-state index contributed by atoms with van der Waals surface area (Å²) in [5, 5.41) is 0.785. The highest BCUT2D eigenvalue weighted by atomic mass is 79.9. The minimum atomic E-state index is -0.368. The molecule has 0 aliphatic heterocycles. The van der Waals surface area contributed by atoms with Crippen molar-refractivity contribution in [2.75, 3.05) is 5.73 Å². The summed E-state index contributed by atoms with van der Waals surface area (Å²) < 4.78 is 19.7. The smallest absolute Gasteiger partial charge is 0.138 e. The van der Waals surface area contributed by atoms with Gasteiger partial charge >= 0.3 is 0 Å². The van der Waals surface area contributed by atoms with Crippen molar-refractivity contribution in [1.29, 1.82) is 0 Å². The normalized spacial score (nSPS) is 10.7. The first kappa shape index (κ1) is 12.9. The number of pyridine rings is 1. The molecule has 2 N–H and O–H groups in total. The minimum Gasteiger partial charge on any atom is -0.456 e. The van der Waals surface area contributed by atoms with Crippen LogP contribution in [0.5, 0.6) is 11.5 Å². The van der Waals surface area contributed by atoms with Crippen molar-refractivity contribution in [3.63, 3.8) is 0 Å². The number of benzene rings is 2. The van der Waals surface area contributed by atoms with Crippen LogP contribution in [-0.4, -0.2) is 4.98 Å². The summed E-state index contributed by atoms with van der Waals surface area (Å²) in [5.41, 5.74) is 7.13. The first-order valence-electron chi connectivity index (χ1n) is 5.90. The minimum absolute atomic E-state index is 0.368. The van der Waals surface area contributed by atoms with Gasteiger partial charge in [-0.2, -0.15) is 0 Å². The van der Waals surface area contributed by atoms with E-state index in [2.05, 4.69) is 20.9 Å². The lowest BCUT2D eigenvalue weighted by Gasteiger charge is -2.10. The predicted octanol–water partition coefficient (Wildman–Crippen LogP) is 4.51. The SMILES string of the molecule is Nc1cccc2c(Oc3cc(F)cc(Br)c3)ccnc12. The number of hydrogen-bond acceptors (Lipinski definition) is 3. The van der Waals surface area contributed by atoms with E-state index in [1.54, 1.807) is 24.4 Å². The zero-order valence-electron chi connectivity index (χ0n) is 10.3. The quantitative estimate of drug-likeness (QED) is 0.702. The van der Waals surface area contributed by atoms with Crippen LogP contribution in [0.1, 0.15) is 0 Å². The molecular formula is C15H10BrFN2O. The zero-order chi connectivity index (χ0) is 14.1. The fourth-order valence-electron chi connectivity index (χ4n) is 1.98. The summed E-state index contributed by atoms with van der Waals surface area (Å²) in [4.78, 5) is 4.23. The lowest BCUT2D eigenvalue weighted by molar-refractivity contribution is 0.481. The van der Waals surface area contributed by atoms with Gasteiger partial charge in [-0.05, 0) is 30.3 Å². The van der Waals surface area contributed by atoms with Crippen LogP contribution in [0.3, 0.4) is 0 Å². The lowest BCUT2D eigenvalue weighted by atomic mass is 10.2. The van der Waals surface area contributed by atoms with Crippen LogP contribution in [0.4, 0.5) is 10.1 Å². The summed E-state index contributed by atoms with van der Waals surface area (Å²) in [5.74, 6) is 0.624. The molecule has 5 heteroatoms. The molecule has 3 nitrogen and oxygen atoms in total. The van der Waals surface area contributed by atoms with E-state index in [1.807, 2.05) is 12.1 Å². The second-order valence-electron chi connectivity index (χ2n) is 4.26. The molecule has 3 aromatic rings. The van der Waals surface area contributed by atoms with E-state index in [4.69, 9.17) is 10.5 Å². The van der Waals surface area contributed by atoms with Crippen LogP contribution in [-0.2, 0) is 0 Å². The number of anilines is 1. The number of nitrogens with zero attached hydrogens (tertiary/aromatic N) is 1. The molecule has 0 saturated heterocycles. The zero-order valence-corrected chi connectivity index (χ0v) is 11.9. The van der Waals surface area contributed by atoms with Crippen molar-refractivity contribution < 1.29 is 9.13 Å². The number of rotatable bonds is 2. The van der Waals surface area contributed by atoms with Gasteiger partial charge in [0.1, 0.15) is 17.3 Å². The van der Waals surface area contributed by atoms with E-state index in [-0.39, 0.29) is 5.82 Å². The molecule has 0 radical (unpaired) electrons. The molecular weight excluding hydrogens is 323 g/mol. The van der Waals surface area contributed by atoms with Gasteiger partial charge in [0.25, 0.3) is 0 Å². The fraction of sp³-hybridized carbons (Fsp3) is 0. The Balaban J connectivity index is 2.09. The van der Waals surface area contributed by atoms with Gasteiger partial charge in [0.05, 0.1) is 11.2 Å². The average Bonchev–Trinajstić information content (AvgIpc) is 2.39. The second-order valence-corrected chi connectivity index (χ2v) is 5.18. The molecule has 100 valence electrons. The molecule has 3 rings (SSSR count). The molecule has 0 bridgehead atoms. The maximum absolute atomic E-state index is 13.4. The van der Waals surface area contributed by atoms with E-state index in [9.17, 15) is 4.39 Å². The highest BCUT2D eigenvalue weighted by molar-refractivity contribution is 9.10. The molecule has 0 spiro atoms. The molecule has 1 aromatic heterocycles.